The van der Waals surface area contributed by atoms with E-state index < -0.39 is 0 Å². The molecule has 0 amide bonds. The average Bonchev–Trinajstić information content (AvgIpc) is 3.02. The van der Waals surface area contributed by atoms with Gasteiger partial charge >= 0.3 is 0 Å². The van der Waals surface area contributed by atoms with E-state index in [4.69, 9.17) is 9.26 Å². The standard InChI is InChI=1S/C12H19N3O2/c1-2-6-13-10(5-1)12-14-11(15-17-12)8-9-4-3-7-16-9/h9-10,13H,1-8H2. The molecule has 5 nitrogen and oxygen atoms in total. The lowest BCUT2D eigenvalue weighted by molar-refractivity contribution is 0.109. The van der Waals surface area contributed by atoms with Gasteiger partial charge in [0.15, 0.2) is 5.82 Å². The molecule has 2 unspecified atom stereocenters. The Hall–Kier alpha value is -0.940. The van der Waals surface area contributed by atoms with Crippen LogP contribution in [0.25, 0.3) is 0 Å². The van der Waals surface area contributed by atoms with Crippen LogP contribution in [0.1, 0.15) is 49.9 Å². The number of ether oxygens (including phenoxy) is 1. The summed E-state index contributed by atoms with van der Waals surface area (Å²) in [5.41, 5.74) is 0. The smallest absolute Gasteiger partial charge is 0.243 e. The molecule has 2 fully saturated rings. The van der Waals surface area contributed by atoms with E-state index in [0.29, 0.717) is 6.10 Å². The van der Waals surface area contributed by atoms with E-state index in [1.165, 1.54) is 12.8 Å². The minimum absolute atomic E-state index is 0.259. The van der Waals surface area contributed by atoms with Gasteiger partial charge in [0.25, 0.3) is 0 Å². The molecule has 94 valence electrons. The van der Waals surface area contributed by atoms with Crippen LogP contribution in [0, 0.1) is 0 Å². The number of nitrogens with zero attached hydrogens (tertiary/aromatic N) is 2. The maximum Gasteiger partial charge on any atom is 0.243 e. The zero-order valence-corrected chi connectivity index (χ0v) is 10.0. The van der Waals surface area contributed by atoms with E-state index in [-0.39, 0.29) is 6.04 Å². The number of nitrogens with one attached hydrogen (secondary N) is 1. The fourth-order valence-corrected chi connectivity index (χ4v) is 2.56. The fourth-order valence-electron chi connectivity index (χ4n) is 2.56. The summed E-state index contributed by atoms with van der Waals surface area (Å²) < 4.78 is 10.9. The second-order valence-corrected chi connectivity index (χ2v) is 4.89. The summed E-state index contributed by atoms with van der Waals surface area (Å²) in [6.45, 7) is 1.92. The quantitative estimate of drug-likeness (QED) is 0.865. The summed E-state index contributed by atoms with van der Waals surface area (Å²) in [6, 6.07) is 0.259. The topological polar surface area (TPSA) is 60.2 Å². The van der Waals surface area contributed by atoms with E-state index in [1.807, 2.05) is 0 Å². The van der Waals surface area contributed by atoms with Crippen molar-refractivity contribution in [3.63, 3.8) is 0 Å². The summed E-state index contributed by atoms with van der Waals surface area (Å²) in [7, 11) is 0. The van der Waals surface area contributed by atoms with Crippen LogP contribution < -0.4 is 5.32 Å². The van der Waals surface area contributed by atoms with Gasteiger partial charge in [0.2, 0.25) is 5.89 Å². The Bertz CT molecular complexity index is 354. The number of aromatic nitrogens is 2. The monoisotopic (exact) mass is 237 g/mol. The Morgan fingerprint density at radius 1 is 1.24 bits per heavy atom. The Labute approximate surface area is 101 Å². The summed E-state index contributed by atoms with van der Waals surface area (Å²) in [5, 5.41) is 7.46. The zero-order valence-electron chi connectivity index (χ0n) is 10.0. The van der Waals surface area contributed by atoms with Crippen molar-refractivity contribution in [2.75, 3.05) is 13.2 Å². The van der Waals surface area contributed by atoms with Crippen LogP contribution in [0.2, 0.25) is 0 Å². The summed E-state index contributed by atoms with van der Waals surface area (Å²) in [4.78, 5) is 4.48. The first-order chi connectivity index (χ1) is 8.42. The van der Waals surface area contributed by atoms with Crippen molar-refractivity contribution in [2.45, 2.75) is 50.7 Å². The van der Waals surface area contributed by atoms with Crippen molar-refractivity contribution < 1.29 is 9.26 Å². The number of hydrogen-bond donors (Lipinski definition) is 1. The van der Waals surface area contributed by atoms with Crippen LogP contribution in [-0.4, -0.2) is 29.4 Å². The highest BCUT2D eigenvalue weighted by atomic mass is 16.5. The molecule has 2 aliphatic rings. The summed E-state index contributed by atoms with van der Waals surface area (Å²) in [6.07, 6.45) is 6.93. The second kappa shape index (κ2) is 5.14. The number of piperidine rings is 1. The lowest BCUT2D eigenvalue weighted by Crippen LogP contribution is -2.27. The Morgan fingerprint density at radius 3 is 3.00 bits per heavy atom. The SMILES string of the molecule is C1CCC(c2nc(CC3CCCO3)no2)NC1. The van der Waals surface area contributed by atoms with E-state index in [1.54, 1.807) is 0 Å². The molecule has 5 heteroatoms. The molecule has 0 bridgehead atoms. The van der Waals surface area contributed by atoms with Gasteiger partial charge in [-0.25, -0.2) is 0 Å². The van der Waals surface area contributed by atoms with Gasteiger partial charge in [0.05, 0.1) is 12.1 Å². The molecule has 17 heavy (non-hydrogen) atoms. The van der Waals surface area contributed by atoms with Gasteiger partial charge in [-0.05, 0) is 32.2 Å². The van der Waals surface area contributed by atoms with Gasteiger partial charge in [0.1, 0.15) is 0 Å². The second-order valence-electron chi connectivity index (χ2n) is 4.89. The molecule has 2 aliphatic heterocycles. The molecule has 0 spiro atoms. The first-order valence-electron chi connectivity index (χ1n) is 6.59. The molecule has 1 aromatic heterocycles. The summed E-state index contributed by atoms with van der Waals surface area (Å²) in [5.74, 6) is 1.54. The first-order valence-corrected chi connectivity index (χ1v) is 6.59. The molecule has 2 saturated heterocycles. The molecule has 0 aromatic carbocycles. The maximum atomic E-state index is 5.57. The van der Waals surface area contributed by atoms with E-state index in [9.17, 15) is 0 Å². The predicted octanol–water partition coefficient (Wildman–Crippen LogP) is 1.61. The van der Waals surface area contributed by atoms with Crippen LogP contribution >= 0.6 is 0 Å². The highest BCUT2D eigenvalue weighted by Gasteiger charge is 2.23. The number of hydrogen-bond acceptors (Lipinski definition) is 5. The van der Waals surface area contributed by atoms with Gasteiger partial charge in [-0.15, -0.1) is 0 Å². The zero-order chi connectivity index (χ0) is 11.5. The number of rotatable bonds is 3. The van der Waals surface area contributed by atoms with Crippen molar-refractivity contribution in [1.29, 1.82) is 0 Å². The van der Waals surface area contributed by atoms with Gasteiger partial charge in [0, 0.05) is 13.0 Å². The van der Waals surface area contributed by atoms with E-state index in [0.717, 1.165) is 50.6 Å². The van der Waals surface area contributed by atoms with Crippen LogP contribution in [0.15, 0.2) is 4.52 Å². The predicted molar refractivity (Wildman–Crippen MR) is 61.6 cm³/mol. The van der Waals surface area contributed by atoms with Crippen molar-refractivity contribution in [3.8, 4) is 0 Å². The van der Waals surface area contributed by atoms with Crippen molar-refractivity contribution in [1.82, 2.24) is 15.5 Å². The minimum atomic E-state index is 0.259. The van der Waals surface area contributed by atoms with Gasteiger partial charge in [-0.3, -0.25) is 0 Å². The third-order valence-electron chi connectivity index (χ3n) is 3.53. The molecule has 1 aromatic rings. The van der Waals surface area contributed by atoms with Crippen LogP contribution in [-0.2, 0) is 11.2 Å². The molecule has 0 radical (unpaired) electrons. The molecule has 3 rings (SSSR count). The Balaban J connectivity index is 1.60. The van der Waals surface area contributed by atoms with Gasteiger partial charge < -0.3 is 14.6 Å². The molecule has 2 atom stereocenters. The van der Waals surface area contributed by atoms with Crippen molar-refractivity contribution >= 4 is 0 Å². The normalized spacial score (nSPS) is 29.6. The molecule has 0 aliphatic carbocycles. The van der Waals surface area contributed by atoms with E-state index in [2.05, 4.69) is 15.5 Å². The molecular formula is C12H19N3O2. The molecule has 3 heterocycles. The third kappa shape index (κ3) is 2.66. The lowest BCUT2D eigenvalue weighted by Gasteiger charge is -2.19. The van der Waals surface area contributed by atoms with Crippen LogP contribution in [0.5, 0.6) is 0 Å². The van der Waals surface area contributed by atoms with Crippen molar-refractivity contribution in [2.24, 2.45) is 0 Å². The lowest BCUT2D eigenvalue weighted by atomic mass is 10.1. The highest BCUT2D eigenvalue weighted by Crippen LogP contribution is 2.22. The first kappa shape index (κ1) is 11.2. The Morgan fingerprint density at radius 2 is 2.24 bits per heavy atom. The fraction of sp³-hybridized carbons (Fsp3) is 0.833. The highest BCUT2D eigenvalue weighted by molar-refractivity contribution is 4.95. The largest absolute Gasteiger partial charge is 0.378 e. The van der Waals surface area contributed by atoms with Gasteiger partial charge in [-0.1, -0.05) is 11.6 Å². The maximum absolute atomic E-state index is 5.57. The molecule has 0 saturated carbocycles. The van der Waals surface area contributed by atoms with Gasteiger partial charge in [-0.2, -0.15) is 4.98 Å². The van der Waals surface area contributed by atoms with Crippen LogP contribution in [0.4, 0.5) is 0 Å². The minimum Gasteiger partial charge on any atom is -0.378 e. The average molecular weight is 237 g/mol. The molecule has 1 N–H and O–H groups in total. The third-order valence-corrected chi connectivity index (χ3v) is 3.53. The summed E-state index contributed by atoms with van der Waals surface area (Å²) >= 11 is 0. The van der Waals surface area contributed by atoms with E-state index >= 15 is 0 Å². The van der Waals surface area contributed by atoms with Crippen molar-refractivity contribution in [3.05, 3.63) is 11.7 Å². The van der Waals surface area contributed by atoms with Crippen LogP contribution in [0.3, 0.4) is 0 Å². The molecular weight excluding hydrogens is 218 g/mol. The Kier molecular flexibility index (Phi) is 3.38.